The summed E-state index contributed by atoms with van der Waals surface area (Å²) in [6, 6.07) is 4.19. The Morgan fingerprint density at radius 1 is 1.33 bits per heavy atom. The summed E-state index contributed by atoms with van der Waals surface area (Å²) < 4.78 is 4.40. The van der Waals surface area contributed by atoms with Crippen LogP contribution in [0.25, 0.3) is 0 Å². The lowest BCUT2D eigenvalue weighted by atomic mass is 10.2. The van der Waals surface area contributed by atoms with E-state index in [9.17, 15) is 0 Å². The second-order valence-electron chi connectivity index (χ2n) is 6.36. The van der Waals surface area contributed by atoms with Crippen LogP contribution in [0, 0.1) is 0 Å². The Labute approximate surface area is 143 Å². The summed E-state index contributed by atoms with van der Waals surface area (Å²) >= 11 is 0. The number of aliphatic imine (C=N–C) groups is 1. The number of nitrogens with zero attached hydrogens (tertiary/aromatic N) is 6. The molecule has 0 aromatic carbocycles. The Morgan fingerprint density at radius 3 is 2.96 bits per heavy atom. The first-order valence-corrected chi connectivity index (χ1v) is 8.62. The highest BCUT2D eigenvalue weighted by atomic mass is 15.3. The van der Waals surface area contributed by atoms with Gasteiger partial charge in [-0.15, -0.1) is 10.2 Å². The molecule has 3 heterocycles. The van der Waals surface area contributed by atoms with E-state index in [1.807, 2.05) is 14.1 Å². The van der Waals surface area contributed by atoms with Gasteiger partial charge < -0.3 is 19.4 Å². The van der Waals surface area contributed by atoms with Gasteiger partial charge in [-0.3, -0.25) is 4.99 Å². The zero-order valence-corrected chi connectivity index (χ0v) is 14.9. The van der Waals surface area contributed by atoms with E-state index in [2.05, 4.69) is 59.9 Å². The van der Waals surface area contributed by atoms with Crippen molar-refractivity contribution in [1.29, 1.82) is 0 Å². The van der Waals surface area contributed by atoms with Crippen LogP contribution in [0.3, 0.4) is 0 Å². The molecule has 0 saturated heterocycles. The predicted octanol–water partition coefficient (Wildman–Crippen LogP) is 1.55. The lowest BCUT2D eigenvalue weighted by molar-refractivity contribution is 0.459. The van der Waals surface area contributed by atoms with Crippen molar-refractivity contribution in [1.82, 2.24) is 29.5 Å². The minimum Gasteiger partial charge on any atom is -0.353 e. The number of aryl methyl sites for hydroxylation is 2. The van der Waals surface area contributed by atoms with Crippen LogP contribution in [0.15, 0.2) is 23.3 Å². The highest BCUT2D eigenvalue weighted by Gasteiger charge is 2.15. The van der Waals surface area contributed by atoms with Crippen molar-refractivity contribution < 1.29 is 0 Å². The minimum absolute atomic E-state index is 0.650. The largest absolute Gasteiger partial charge is 0.353 e. The predicted molar refractivity (Wildman–Crippen MR) is 94.7 cm³/mol. The SMILES string of the molecule is CN=C(NCc1nnc2n1CCCCC2)N(C)Cc1cccn1C. The van der Waals surface area contributed by atoms with Crippen LogP contribution >= 0.6 is 0 Å². The Morgan fingerprint density at radius 2 is 2.21 bits per heavy atom. The Balaban J connectivity index is 1.62. The monoisotopic (exact) mass is 329 g/mol. The highest BCUT2D eigenvalue weighted by Crippen LogP contribution is 2.14. The summed E-state index contributed by atoms with van der Waals surface area (Å²) in [5.74, 6) is 2.99. The quantitative estimate of drug-likeness (QED) is 0.683. The third-order valence-corrected chi connectivity index (χ3v) is 4.61. The van der Waals surface area contributed by atoms with Gasteiger partial charge in [-0.25, -0.2) is 0 Å². The normalized spacial score (nSPS) is 15.0. The van der Waals surface area contributed by atoms with Crippen molar-refractivity contribution in [2.75, 3.05) is 14.1 Å². The summed E-state index contributed by atoms with van der Waals surface area (Å²) in [5, 5.41) is 12.1. The maximum absolute atomic E-state index is 4.39. The maximum Gasteiger partial charge on any atom is 0.194 e. The fraction of sp³-hybridized carbons (Fsp3) is 0.588. The summed E-state index contributed by atoms with van der Waals surface area (Å²) in [4.78, 5) is 6.51. The molecule has 3 rings (SSSR count). The molecule has 24 heavy (non-hydrogen) atoms. The molecule has 0 bridgehead atoms. The molecular weight excluding hydrogens is 302 g/mol. The van der Waals surface area contributed by atoms with E-state index in [-0.39, 0.29) is 0 Å². The first kappa shape index (κ1) is 16.5. The van der Waals surface area contributed by atoms with Crippen LogP contribution < -0.4 is 5.32 Å². The summed E-state index contributed by atoms with van der Waals surface area (Å²) in [6.45, 7) is 2.48. The van der Waals surface area contributed by atoms with E-state index in [1.54, 1.807) is 0 Å². The minimum atomic E-state index is 0.650. The van der Waals surface area contributed by atoms with Gasteiger partial charge in [-0.1, -0.05) is 6.42 Å². The van der Waals surface area contributed by atoms with Crippen molar-refractivity contribution in [3.8, 4) is 0 Å². The van der Waals surface area contributed by atoms with Crippen molar-refractivity contribution in [3.63, 3.8) is 0 Å². The van der Waals surface area contributed by atoms with Crippen LogP contribution in [0.1, 0.15) is 36.6 Å². The fourth-order valence-electron chi connectivity index (χ4n) is 3.20. The zero-order valence-electron chi connectivity index (χ0n) is 14.9. The molecule has 2 aromatic heterocycles. The molecule has 0 amide bonds. The molecule has 0 unspecified atom stereocenters. The molecule has 1 N–H and O–H groups in total. The van der Waals surface area contributed by atoms with Crippen molar-refractivity contribution in [3.05, 3.63) is 35.7 Å². The molecule has 130 valence electrons. The van der Waals surface area contributed by atoms with Gasteiger partial charge >= 0.3 is 0 Å². The fourth-order valence-corrected chi connectivity index (χ4v) is 3.20. The second kappa shape index (κ2) is 7.51. The maximum atomic E-state index is 4.39. The molecule has 1 aliphatic heterocycles. The van der Waals surface area contributed by atoms with Gasteiger partial charge in [0.05, 0.1) is 13.1 Å². The van der Waals surface area contributed by atoms with E-state index < -0.39 is 0 Å². The molecule has 0 saturated carbocycles. The lowest BCUT2D eigenvalue weighted by Crippen LogP contribution is -2.38. The molecule has 0 radical (unpaired) electrons. The molecular formula is C17H27N7. The number of hydrogen-bond donors (Lipinski definition) is 1. The first-order valence-electron chi connectivity index (χ1n) is 8.62. The molecule has 0 fully saturated rings. The number of fused-ring (bicyclic) bond motifs is 1. The summed E-state index contributed by atoms with van der Waals surface area (Å²) in [7, 11) is 5.92. The average molecular weight is 329 g/mol. The van der Waals surface area contributed by atoms with Gasteiger partial charge in [0.2, 0.25) is 0 Å². The summed E-state index contributed by atoms with van der Waals surface area (Å²) in [6.07, 6.45) is 6.80. The number of hydrogen-bond acceptors (Lipinski definition) is 3. The third-order valence-electron chi connectivity index (χ3n) is 4.61. The van der Waals surface area contributed by atoms with E-state index in [0.717, 1.165) is 37.1 Å². The van der Waals surface area contributed by atoms with Gasteiger partial charge in [0.1, 0.15) is 5.82 Å². The van der Waals surface area contributed by atoms with Crippen molar-refractivity contribution in [2.45, 2.75) is 45.3 Å². The molecule has 7 nitrogen and oxygen atoms in total. The number of rotatable bonds is 4. The van der Waals surface area contributed by atoms with Gasteiger partial charge in [-0.2, -0.15) is 0 Å². The lowest BCUT2D eigenvalue weighted by Gasteiger charge is -2.22. The number of nitrogens with one attached hydrogen (secondary N) is 1. The van der Waals surface area contributed by atoms with E-state index in [1.165, 1.54) is 25.0 Å². The van der Waals surface area contributed by atoms with Gasteiger partial charge in [0.25, 0.3) is 0 Å². The molecule has 0 atom stereocenters. The molecule has 1 aliphatic rings. The Hall–Kier alpha value is -2.31. The third kappa shape index (κ3) is 3.60. The topological polar surface area (TPSA) is 63.3 Å². The Kier molecular flexibility index (Phi) is 5.17. The highest BCUT2D eigenvalue weighted by molar-refractivity contribution is 5.79. The average Bonchev–Trinajstić information content (AvgIpc) is 3.07. The molecule has 2 aromatic rings. The van der Waals surface area contributed by atoms with Gasteiger partial charge in [0.15, 0.2) is 11.8 Å². The van der Waals surface area contributed by atoms with Crippen LogP contribution in [-0.4, -0.2) is 44.3 Å². The Bertz CT molecular complexity index is 698. The van der Waals surface area contributed by atoms with Crippen LogP contribution in [0.5, 0.6) is 0 Å². The van der Waals surface area contributed by atoms with Crippen LogP contribution in [-0.2, 0) is 33.1 Å². The molecule has 7 heteroatoms. The van der Waals surface area contributed by atoms with E-state index in [0.29, 0.717) is 6.54 Å². The van der Waals surface area contributed by atoms with Crippen molar-refractivity contribution in [2.24, 2.45) is 12.0 Å². The number of aromatic nitrogens is 4. The zero-order chi connectivity index (χ0) is 16.9. The van der Waals surface area contributed by atoms with E-state index >= 15 is 0 Å². The second-order valence-corrected chi connectivity index (χ2v) is 6.36. The van der Waals surface area contributed by atoms with Crippen LogP contribution in [0.2, 0.25) is 0 Å². The summed E-state index contributed by atoms with van der Waals surface area (Å²) in [5.41, 5.74) is 1.25. The van der Waals surface area contributed by atoms with E-state index in [4.69, 9.17) is 0 Å². The molecule has 0 aliphatic carbocycles. The molecule has 0 spiro atoms. The van der Waals surface area contributed by atoms with Crippen LogP contribution in [0.4, 0.5) is 0 Å². The van der Waals surface area contributed by atoms with Gasteiger partial charge in [0, 0.05) is 46.0 Å². The van der Waals surface area contributed by atoms with Gasteiger partial charge in [-0.05, 0) is 25.0 Å². The first-order chi connectivity index (χ1) is 11.7. The standard InChI is InChI=1S/C17H27N7/c1-18-17(23(3)13-14-8-7-10-22(14)2)19-12-16-21-20-15-9-5-4-6-11-24(15)16/h7-8,10H,4-6,9,11-13H2,1-3H3,(H,18,19). The smallest absolute Gasteiger partial charge is 0.194 e. The number of guanidine groups is 1. The van der Waals surface area contributed by atoms with Crippen molar-refractivity contribution >= 4 is 5.96 Å².